The molecule has 0 N–H and O–H groups in total. The maximum atomic E-state index is 6.50. The van der Waals surface area contributed by atoms with Crippen LogP contribution in [0.15, 0.2) is 142 Å². The van der Waals surface area contributed by atoms with E-state index in [1.165, 1.54) is 55.4 Å². The van der Waals surface area contributed by atoms with Gasteiger partial charge in [-0.2, -0.15) is 9.13 Å². The van der Waals surface area contributed by atoms with Gasteiger partial charge in [0.05, 0.1) is 12.2 Å². The molecule has 2 aliphatic rings. The zero-order valence-corrected chi connectivity index (χ0v) is 33.1. The SMILES string of the molecule is CN1C(=Cc2oc3ccccc3[n+]2C)C(C)(CCCCC2(C)C(=Cc3oc4ccccc4[n+]3C)N(C)c3ccc4ccccc4c32)c2c1ccc1ccccc21. The minimum Gasteiger partial charge on any atom is -0.398 e. The number of unbranched alkanes of at least 4 members (excludes halogenated alkanes) is 1. The van der Waals surface area contributed by atoms with E-state index < -0.39 is 0 Å². The van der Waals surface area contributed by atoms with Crippen LogP contribution in [0.3, 0.4) is 0 Å². The number of benzene rings is 6. The maximum Gasteiger partial charge on any atom is 0.375 e. The van der Waals surface area contributed by atoms with Crippen LogP contribution >= 0.6 is 0 Å². The fourth-order valence-electron chi connectivity index (χ4n) is 10.2. The third kappa shape index (κ3) is 5.01. The summed E-state index contributed by atoms with van der Waals surface area (Å²) >= 11 is 0. The predicted octanol–water partition coefficient (Wildman–Crippen LogP) is 10.9. The summed E-state index contributed by atoms with van der Waals surface area (Å²) in [6.45, 7) is 4.91. The van der Waals surface area contributed by atoms with Crippen molar-refractivity contribution in [3.63, 3.8) is 0 Å². The highest BCUT2D eigenvalue weighted by Gasteiger charge is 2.46. The van der Waals surface area contributed by atoms with Gasteiger partial charge < -0.3 is 18.6 Å². The Morgan fingerprint density at radius 1 is 0.518 bits per heavy atom. The number of rotatable bonds is 7. The zero-order chi connectivity index (χ0) is 38.3. The number of aryl methyl sites for hydroxylation is 2. The molecule has 278 valence electrons. The molecule has 0 radical (unpaired) electrons. The number of hydrogen-bond acceptors (Lipinski definition) is 4. The number of allylic oxidation sites excluding steroid dienone is 2. The quantitative estimate of drug-likeness (QED) is 0.121. The first-order chi connectivity index (χ1) is 27.2. The Hall–Kier alpha value is -6.14. The lowest BCUT2D eigenvalue weighted by molar-refractivity contribution is -0.652. The Bertz CT molecular complexity index is 2730. The number of aromatic nitrogens is 2. The number of likely N-dealkylation sites (N-methyl/N-ethyl adjacent to an activating group) is 2. The van der Waals surface area contributed by atoms with Crippen molar-refractivity contribution >= 4 is 67.3 Å². The van der Waals surface area contributed by atoms with E-state index in [1.807, 2.05) is 12.1 Å². The van der Waals surface area contributed by atoms with Crippen molar-refractivity contribution in [3.8, 4) is 0 Å². The maximum absolute atomic E-state index is 6.50. The molecule has 8 aromatic rings. The van der Waals surface area contributed by atoms with Crippen molar-refractivity contribution in [1.29, 1.82) is 0 Å². The van der Waals surface area contributed by atoms with Crippen molar-refractivity contribution in [2.45, 2.75) is 50.4 Å². The number of nitrogens with zero attached hydrogens (tertiary/aromatic N) is 4. The Labute approximate surface area is 328 Å². The third-order valence-corrected chi connectivity index (χ3v) is 13.2. The normalized spacial score (nSPS) is 20.8. The summed E-state index contributed by atoms with van der Waals surface area (Å²) in [5.41, 5.74) is 11.4. The Morgan fingerprint density at radius 2 is 0.911 bits per heavy atom. The molecule has 2 atom stereocenters. The molecule has 2 aliphatic heterocycles. The molecule has 56 heavy (non-hydrogen) atoms. The molecule has 4 heterocycles. The van der Waals surface area contributed by atoms with Crippen molar-refractivity contribution in [2.24, 2.45) is 14.1 Å². The van der Waals surface area contributed by atoms with E-state index >= 15 is 0 Å². The second-order valence-corrected chi connectivity index (χ2v) is 16.3. The molecule has 6 aromatic carbocycles. The highest BCUT2D eigenvalue weighted by atomic mass is 16.4. The summed E-state index contributed by atoms with van der Waals surface area (Å²) in [5, 5.41) is 5.20. The van der Waals surface area contributed by atoms with E-state index in [0.717, 1.165) is 59.7 Å². The van der Waals surface area contributed by atoms with Gasteiger partial charge in [0.15, 0.2) is 0 Å². The minimum absolute atomic E-state index is 0.240. The fourth-order valence-corrected chi connectivity index (χ4v) is 10.2. The van der Waals surface area contributed by atoms with Crippen molar-refractivity contribution in [1.82, 2.24) is 0 Å². The van der Waals surface area contributed by atoms with Gasteiger partial charge in [0.1, 0.15) is 14.1 Å². The van der Waals surface area contributed by atoms with Gasteiger partial charge in [-0.05, 0) is 83.6 Å². The van der Waals surface area contributed by atoms with Crippen LogP contribution in [0.5, 0.6) is 0 Å². The Morgan fingerprint density at radius 3 is 1.34 bits per heavy atom. The van der Waals surface area contributed by atoms with Gasteiger partial charge in [-0.25, -0.2) is 0 Å². The van der Waals surface area contributed by atoms with E-state index in [9.17, 15) is 0 Å². The molecular formula is C50H48N4O2+2. The molecule has 2 aromatic heterocycles. The van der Waals surface area contributed by atoms with Gasteiger partial charge >= 0.3 is 11.8 Å². The van der Waals surface area contributed by atoms with Gasteiger partial charge in [0.25, 0.3) is 11.0 Å². The Kier molecular flexibility index (Phi) is 7.79. The van der Waals surface area contributed by atoms with Crippen LogP contribution in [0.2, 0.25) is 0 Å². The number of para-hydroxylation sites is 4. The number of oxazole rings is 2. The first-order valence-electron chi connectivity index (χ1n) is 19.9. The molecule has 0 saturated carbocycles. The van der Waals surface area contributed by atoms with Crippen molar-refractivity contribution in [3.05, 3.63) is 156 Å². The second-order valence-electron chi connectivity index (χ2n) is 16.3. The van der Waals surface area contributed by atoms with Gasteiger partial charge in [0.2, 0.25) is 11.2 Å². The van der Waals surface area contributed by atoms with Gasteiger partial charge in [-0.3, -0.25) is 0 Å². The van der Waals surface area contributed by atoms with Crippen LogP contribution in [0.25, 0.3) is 55.9 Å². The molecule has 10 rings (SSSR count). The molecular weight excluding hydrogens is 689 g/mol. The van der Waals surface area contributed by atoms with E-state index in [0.29, 0.717) is 0 Å². The summed E-state index contributed by atoms with van der Waals surface area (Å²) in [4.78, 5) is 4.80. The summed E-state index contributed by atoms with van der Waals surface area (Å²) in [7, 11) is 8.65. The van der Waals surface area contributed by atoms with Crippen LogP contribution in [0, 0.1) is 0 Å². The average molecular weight is 737 g/mol. The van der Waals surface area contributed by atoms with Gasteiger partial charge in [-0.15, -0.1) is 0 Å². The molecule has 0 spiro atoms. The molecule has 6 heteroatoms. The second kappa shape index (κ2) is 12.7. The lowest BCUT2D eigenvalue weighted by atomic mass is 9.72. The standard InChI is InChI=1S/C50H48N4O2/c1-49(43(31-45-53(5)37-21-11-13-23-41(37)55-45)51(3)39-27-25-33-17-7-9-19-35(33)47(39)49)29-15-16-30-50(2)44(32-46-54(6)38-22-12-14-24-42(38)56-46)52(4)40-28-26-34-18-8-10-20-36(34)48(40)50/h7-14,17-28,31-32H,15-16,29-30H2,1-6H3/q+2. The topological polar surface area (TPSA) is 40.5 Å². The summed E-state index contributed by atoms with van der Waals surface area (Å²) < 4.78 is 17.3. The monoisotopic (exact) mass is 736 g/mol. The van der Waals surface area contributed by atoms with E-state index in [4.69, 9.17) is 8.83 Å². The first-order valence-corrected chi connectivity index (χ1v) is 19.9. The predicted molar refractivity (Wildman–Crippen MR) is 229 cm³/mol. The molecule has 0 amide bonds. The molecule has 0 fully saturated rings. The van der Waals surface area contributed by atoms with Crippen molar-refractivity contribution < 1.29 is 18.0 Å². The first kappa shape index (κ1) is 34.4. The van der Waals surface area contributed by atoms with Crippen LogP contribution in [0.1, 0.15) is 62.4 Å². The Balaban J connectivity index is 1.05. The number of anilines is 2. The summed E-state index contributed by atoms with van der Waals surface area (Å²) in [6.07, 6.45) is 8.70. The summed E-state index contributed by atoms with van der Waals surface area (Å²) in [5.74, 6) is 1.71. The van der Waals surface area contributed by atoms with Gasteiger partial charge in [-0.1, -0.05) is 97.8 Å². The smallest absolute Gasteiger partial charge is 0.375 e. The molecule has 2 unspecified atom stereocenters. The van der Waals surface area contributed by atoms with Crippen LogP contribution in [-0.2, 0) is 24.9 Å². The zero-order valence-electron chi connectivity index (χ0n) is 33.1. The highest BCUT2D eigenvalue weighted by Crippen LogP contribution is 2.55. The van der Waals surface area contributed by atoms with Crippen molar-refractivity contribution in [2.75, 3.05) is 23.9 Å². The molecule has 6 nitrogen and oxygen atoms in total. The van der Waals surface area contributed by atoms with Crippen LogP contribution < -0.4 is 18.9 Å². The highest BCUT2D eigenvalue weighted by molar-refractivity contribution is 5.97. The summed E-state index contributed by atoms with van der Waals surface area (Å²) in [6, 6.07) is 43.5. The minimum atomic E-state index is -0.240. The average Bonchev–Trinajstić information content (AvgIpc) is 3.86. The lowest BCUT2D eigenvalue weighted by Crippen LogP contribution is -2.32. The van der Waals surface area contributed by atoms with E-state index in [-0.39, 0.29) is 10.8 Å². The van der Waals surface area contributed by atoms with Gasteiger partial charge in [0, 0.05) is 59.8 Å². The van der Waals surface area contributed by atoms with Crippen LogP contribution in [-0.4, -0.2) is 14.1 Å². The molecule has 0 aliphatic carbocycles. The van der Waals surface area contributed by atoms with Crippen LogP contribution in [0.4, 0.5) is 11.4 Å². The largest absolute Gasteiger partial charge is 0.398 e. The lowest BCUT2D eigenvalue weighted by Gasteiger charge is -2.31. The molecule has 0 saturated heterocycles. The van der Waals surface area contributed by atoms with E-state index in [1.54, 1.807) is 0 Å². The fraction of sp³-hybridized carbons (Fsp3) is 0.240. The molecule has 0 bridgehead atoms. The number of hydrogen-bond donors (Lipinski definition) is 0. The van der Waals surface area contributed by atoms with E-state index in [2.05, 4.69) is 182 Å². The number of fused-ring (bicyclic) bond motifs is 8. The third-order valence-electron chi connectivity index (χ3n) is 13.2.